The van der Waals surface area contributed by atoms with E-state index in [1.807, 2.05) is 18.2 Å². The predicted octanol–water partition coefficient (Wildman–Crippen LogP) is 3.34. The minimum absolute atomic E-state index is 0.570. The van der Waals surface area contributed by atoms with Crippen LogP contribution in [0.3, 0.4) is 0 Å². The number of furan rings is 1. The fourth-order valence-electron chi connectivity index (χ4n) is 2.92. The van der Waals surface area contributed by atoms with Gasteiger partial charge in [0.25, 0.3) is 0 Å². The molecule has 1 aliphatic carbocycles. The molecule has 2 aromatic rings. The fourth-order valence-corrected chi connectivity index (χ4v) is 2.92. The number of carbonyl (C=O) groups is 1. The van der Waals surface area contributed by atoms with Crippen LogP contribution in [0.15, 0.2) is 28.7 Å². The number of ether oxygens (including phenoxy) is 1. The van der Waals surface area contributed by atoms with E-state index in [1.165, 1.54) is 0 Å². The van der Waals surface area contributed by atoms with Crippen LogP contribution in [0.5, 0.6) is 5.75 Å². The summed E-state index contributed by atoms with van der Waals surface area (Å²) >= 11 is 0. The zero-order valence-corrected chi connectivity index (χ0v) is 10.8. The van der Waals surface area contributed by atoms with Gasteiger partial charge in [-0.25, -0.2) is 0 Å². The molecule has 1 aromatic heterocycles. The van der Waals surface area contributed by atoms with Crippen molar-refractivity contribution in [2.75, 3.05) is 7.11 Å². The van der Waals surface area contributed by atoms with Crippen molar-refractivity contribution in [1.82, 2.24) is 0 Å². The molecule has 19 heavy (non-hydrogen) atoms. The molecule has 1 saturated carbocycles. The van der Waals surface area contributed by atoms with E-state index in [0.717, 1.165) is 18.2 Å². The van der Waals surface area contributed by atoms with Crippen LogP contribution in [-0.2, 0) is 10.2 Å². The highest BCUT2D eigenvalue weighted by Crippen LogP contribution is 2.43. The first kappa shape index (κ1) is 12.1. The Hall–Kier alpha value is -1.97. The number of methoxy groups -OCH3 is 1. The zero-order chi connectivity index (χ0) is 13.5. The molecule has 1 aromatic carbocycles. The fraction of sp³-hybridized carbons (Fsp3) is 0.400. The summed E-state index contributed by atoms with van der Waals surface area (Å²) in [5, 5.41) is 10.5. The number of aliphatic carboxylic acids is 1. The molecule has 0 unspecified atom stereocenters. The van der Waals surface area contributed by atoms with Gasteiger partial charge in [-0.05, 0) is 31.0 Å². The summed E-state index contributed by atoms with van der Waals surface area (Å²) in [7, 11) is 1.60. The van der Waals surface area contributed by atoms with Gasteiger partial charge in [0, 0.05) is 11.5 Å². The second kappa shape index (κ2) is 4.30. The molecule has 0 amide bonds. The van der Waals surface area contributed by atoms with E-state index in [9.17, 15) is 9.90 Å². The molecular weight excluding hydrogens is 244 g/mol. The Kier molecular flexibility index (Phi) is 2.73. The predicted molar refractivity (Wildman–Crippen MR) is 70.5 cm³/mol. The van der Waals surface area contributed by atoms with Crippen molar-refractivity contribution >= 4 is 16.9 Å². The van der Waals surface area contributed by atoms with Crippen molar-refractivity contribution in [2.45, 2.75) is 31.1 Å². The van der Waals surface area contributed by atoms with Gasteiger partial charge in [-0.2, -0.15) is 0 Å². The van der Waals surface area contributed by atoms with Crippen molar-refractivity contribution in [3.8, 4) is 5.75 Å². The number of rotatable bonds is 3. The van der Waals surface area contributed by atoms with E-state index in [4.69, 9.17) is 9.15 Å². The Labute approximate surface area is 111 Å². The third-order valence-electron chi connectivity index (χ3n) is 4.07. The summed E-state index contributed by atoms with van der Waals surface area (Å²) in [5.74, 6) is 0.501. The van der Waals surface area contributed by atoms with Crippen molar-refractivity contribution in [1.29, 1.82) is 0 Å². The molecule has 0 atom stereocenters. The summed E-state index contributed by atoms with van der Waals surface area (Å²) in [5.41, 5.74) is -0.159. The Morgan fingerprint density at radius 1 is 1.32 bits per heavy atom. The third kappa shape index (κ3) is 1.79. The van der Waals surface area contributed by atoms with Gasteiger partial charge in [0.05, 0.1) is 7.11 Å². The number of benzene rings is 1. The molecule has 0 radical (unpaired) electrons. The van der Waals surface area contributed by atoms with E-state index in [0.29, 0.717) is 29.9 Å². The Morgan fingerprint density at radius 2 is 2.05 bits per heavy atom. The largest absolute Gasteiger partial charge is 0.497 e. The van der Waals surface area contributed by atoms with Gasteiger partial charge in [0.2, 0.25) is 0 Å². The minimum Gasteiger partial charge on any atom is -0.497 e. The molecule has 1 N–H and O–H groups in total. The topological polar surface area (TPSA) is 59.7 Å². The van der Waals surface area contributed by atoms with Gasteiger partial charge in [-0.1, -0.05) is 12.8 Å². The van der Waals surface area contributed by atoms with Gasteiger partial charge in [-0.3, -0.25) is 4.79 Å². The molecular formula is C15H16O4. The highest BCUT2D eigenvalue weighted by Gasteiger charge is 2.45. The highest BCUT2D eigenvalue weighted by atomic mass is 16.5. The number of carboxylic acid groups (broad SMARTS) is 1. The van der Waals surface area contributed by atoms with Crippen LogP contribution < -0.4 is 4.74 Å². The normalized spacial score (nSPS) is 17.7. The maximum absolute atomic E-state index is 11.6. The SMILES string of the molecule is COc1ccc2cc(C3(C(=O)O)CCCC3)oc2c1. The van der Waals surface area contributed by atoms with Crippen molar-refractivity contribution in [3.63, 3.8) is 0 Å². The van der Waals surface area contributed by atoms with E-state index in [-0.39, 0.29) is 0 Å². The van der Waals surface area contributed by atoms with Gasteiger partial charge in [0.1, 0.15) is 22.5 Å². The van der Waals surface area contributed by atoms with Gasteiger partial charge >= 0.3 is 5.97 Å². The summed E-state index contributed by atoms with van der Waals surface area (Å²) in [6.45, 7) is 0. The maximum atomic E-state index is 11.6. The molecule has 4 heteroatoms. The van der Waals surface area contributed by atoms with Gasteiger partial charge in [-0.15, -0.1) is 0 Å². The number of carboxylic acids is 1. The van der Waals surface area contributed by atoms with Crippen LogP contribution in [0, 0.1) is 0 Å². The van der Waals surface area contributed by atoms with Crippen LogP contribution in [0.1, 0.15) is 31.4 Å². The van der Waals surface area contributed by atoms with Gasteiger partial charge < -0.3 is 14.3 Å². The molecule has 100 valence electrons. The second-order valence-corrected chi connectivity index (χ2v) is 5.11. The lowest BCUT2D eigenvalue weighted by molar-refractivity contribution is -0.144. The Bertz CT molecular complexity index is 620. The van der Waals surface area contributed by atoms with Crippen LogP contribution >= 0.6 is 0 Å². The molecule has 0 spiro atoms. The Morgan fingerprint density at radius 3 is 2.68 bits per heavy atom. The molecule has 0 saturated heterocycles. The molecule has 0 aliphatic heterocycles. The van der Waals surface area contributed by atoms with Crippen LogP contribution in [0.25, 0.3) is 11.0 Å². The first-order valence-corrected chi connectivity index (χ1v) is 6.47. The molecule has 1 aliphatic rings. The molecule has 1 fully saturated rings. The van der Waals surface area contributed by atoms with E-state index >= 15 is 0 Å². The van der Waals surface area contributed by atoms with E-state index in [1.54, 1.807) is 13.2 Å². The minimum atomic E-state index is -0.841. The average Bonchev–Trinajstić information content (AvgIpc) is 3.04. The monoisotopic (exact) mass is 260 g/mol. The first-order chi connectivity index (χ1) is 9.15. The van der Waals surface area contributed by atoms with Crippen LogP contribution in [-0.4, -0.2) is 18.2 Å². The van der Waals surface area contributed by atoms with E-state index in [2.05, 4.69) is 0 Å². The number of fused-ring (bicyclic) bond motifs is 1. The maximum Gasteiger partial charge on any atom is 0.317 e. The zero-order valence-electron chi connectivity index (χ0n) is 10.8. The molecule has 0 bridgehead atoms. The smallest absolute Gasteiger partial charge is 0.317 e. The lowest BCUT2D eigenvalue weighted by Gasteiger charge is -2.20. The average molecular weight is 260 g/mol. The summed E-state index contributed by atoms with van der Waals surface area (Å²) in [6.07, 6.45) is 3.18. The second-order valence-electron chi connectivity index (χ2n) is 5.11. The van der Waals surface area contributed by atoms with Crippen LogP contribution in [0.2, 0.25) is 0 Å². The highest BCUT2D eigenvalue weighted by molar-refractivity contribution is 5.85. The standard InChI is InChI=1S/C15H16O4/c1-18-11-5-4-10-8-13(19-12(10)9-11)15(14(16)17)6-2-3-7-15/h4-5,8-9H,2-3,6-7H2,1H3,(H,16,17). The van der Waals surface area contributed by atoms with Crippen molar-refractivity contribution < 1.29 is 19.1 Å². The van der Waals surface area contributed by atoms with Crippen LogP contribution in [0.4, 0.5) is 0 Å². The lowest BCUT2D eigenvalue weighted by Crippen LogP contribution is -2.31. The molecule has 3 rings (SSSR count). The molecule has 1 heterocycles. The first-order valence-electron chi connectivity index (χ1n) is 6.47. The van der Waals surface area contributed by atoms with Gasteiger partial charge in [0.15, 0.2) is 0 Å². The van der Waals surface area contributed by atoms with Crippen molar-refractivity contribution in [3.05, 3.63) is 30.0 Å². The molecule has 4 nitrogen and oxygen atoms in total. The summed E-state index contributed by atoms with van der Waals surface area (Å²) in [4.78, 5) is 11.6. The quantitative estimate of drug-likeness (QED) is 0.919. The number of hydrogen-bond donors (Lipinski definition) is 1. The summed E-state index contributed by atoms with van der Waals surface area (Å²) in [6, 6.07) is 7.40. The third-order valence-corrected chi connectivity index (χ3v) is 4.07. The van der Waals surface area contributed by atoms with Crippen molar-refractivity contribution in [2.24, 2.45) is 0 Å². The lowest BCUT2D eigenvalue weighted by atomic mass is 9.83. The Balaban J connectivity index is 2.11. The number of hydrogen-bond acceptors (Lipinski definition) is 3. The van der Waals surface area contributed by atoms with E-state index < -0.39 is 11.4 Å². The summed E-state index contributed by atoms with van der Waals surface area (Å²) < 4.78 is 11.0.